The second-order valence-electron chi connectivity index (χ2n) is 15.0. The molecular weight excluding hydrogens is 625 g/mol. The van der Waals surface area contributed by atoms with E-state index in [0.29, 0.717) is 0 Å². The molecule has 1 N–H and O–H groups in total. The van der Waals surface area contributed by atoms with Crippen LogP contribution in [0.2, 0.25) is 0 Å². The zero-order valence-corrected chi connectivity index (χ0v) is 33.5. The molecule has 0 spiro atoms. The van der Waals surface area contributed by atoms with Crippen molar-refractivity contribution in [3.63, 3.8) is 0 Å². The van der Waals surface area contributed by atoms with Crippen molar-refractivity contribution in [3.05, 3.63) is 78.7 Å². The Labute approximate surface area is 316 Å². The summed E-state index contributed by atoms with van der Waals surface area (Å²) in [5.74, 6) is -0.363. The minimum absolute atomic E-state index is 0.195. The van der Waals surface area contributed by atoms with E-state index in [9.17, 15) is 0 Å². The Morgan fingerprint density at radius 1 is 0.647 bits per heavy atom. The second-order valence-corrected chi connectivity index (χ2v) is 15.0. The minimum Gasteiger partial charge on any atom is -0.347 e. The Morgan fingerprint density at radius 2 is 1.14 bits per heavy atom. The lowest BCUT2D eigenvalue weighted by Gasteiger charge is -2.28. The van der Waals surface area contributed by atoms with Crippen LogP contribution in [0.3, 0.4) is 0 Å². The van der Waals surface area contributed by atoms with Gasteiger partial charge in [-0.3, -0.25) is 4.98 Å². The number of rotatable bonds is 35. The van der Waals surface area contributed by atoms with E-state index in [1.54, 1.807) is 0 Å². The lowest BCUT2D eigenvalue weighted by atomic mass is 9.98. The van der Waals surface area contributed by atoms with E-state index < -0.39 is 0 Å². The smallest absolute Gasteiger partial charge is 0.168 e. The molecule has 1 atom stereocenters. The van der Waals surface area contributed by atoms with Gasteiger partial charge in [-0.15, -0.1) is 0 Å². The van der Waals surface area contributed by atoms with Crippen molar-refractivity contribution in [3.8, 4) is 0 Å². The van der Waals surface area contributed by atoms with Crippen LogP contribution >= 0.6 is 0 Å². The minimum atomic E-state index is -0.363. The van der Waals surface area contributed by atoms with E-state index in [1.807, 2.05) is 18.5 Å². The predicted octanol–water partition coefficient (Wildman–Crippen LogP) is 14.1. The molecule has 1 unspecified atom stereocenters. The summed E-state index contributed by atoms with van der Waals surface area (Å²) < 4.78 is 13.3. The average molecular weight is 705 g/mol. The van der Waals surface area contributed by atoms with Crippen molar-refractivity contribution >= 4 is 0 Å². The van der Waals surface area contributed by atoms with Crippen LogP contribution in [-0.4, -0.2) is 30.0 Å². The molecule has 1 aromatic heterocycles. The van der Waals surface area contributed by atoms with Gasteiger partial charge < -0.3 is 14.8 Å². The fraction of sp³-hybridized carbons (Fsp3) is 0.723. The molecule has 290 valence electrons. The lowest BCUT2D eigenvalue weighted by Crippen LogP contribution is -2.31. The first-order valence-electron chi connectivity index (χ1n) is 21.8. The molecule has 1 fully saturated rings. The first-order chi connectivity index (χ1) is 25.3. The van der Waals surface area contributed by atoms with Crippen molar-refractivity contribution in [2.24, 2.45) is 0 Å². The van der Waals surface area contributed by atoms with Crippen LogP contribution in [0.4, 0.5) is 0 Å². The Kier molecular flexibility index (Phi) is 29.9. The third kappa shape index (κ3) is 26.4. The van der Waals surface area contributed by atoms with E-state index in [0.717, 1.165) is 51.8 Å². The quantitative estimate of drug-likeness (QED) is 0.0564. The summed E-state index contributed by atoms with van der Waals surface area (Å²) in [4.78, 5) is 4.23. The van der Waals surface area contributed by atoms with Gasteiger partial charge in [0.15, 0.2) is 5.79 Å². The number of unbranched alkanes of at least 4 members (excludes halogenated alkanes) is 18. The van der Waals surface area contributed by atoms with Gasteiger partial charge in [0.1, 0.15) is 0 Å². The monoisotopic (exact) mass is 705 g/mol. The number of hydrogen-bond donors (Lipinski definition) is 1. The normalized spacial score (nSPS) is 16.2. The van der Waals surface area contributed by atoms with E-state index in [-0.39, 0.29) is 11.9 Å². The Bertz CT molecular complexity index is 953. The first-order valence-corrected chi connectivity index (χ1v) is 21.8. The van der Waals surface area contributed by atoms with Crippen LogP contribution in [0.1, 0.15) is 193 Å². The van der Waals surface area contributed by atoms with Gasteiger partial charge >= 0.3 is 0 Å². The topological polar surface area (TPSA) is 43.4 Å². The Morgan fingerprint density at radius 3 is 1.63 bits per heavy atom. The molecule has 1 aliphatic heterocycles. The maximum atomic E-state index is 6.75. The van der Waals surface area contributed by atoms with Gasteiger partial charge in [0.25, 0.3) is 0 Å². The summed E-state index contributed by atoms with van der Waals surface area (Å²) in [6.45, 7) is 7.06. The molecule has 4 heteroatoms. The SMILES string of the molecule is CCCCC/C=C\C/C=C\CCCCCCCCC1(CCCCCCCC/C=C\C/C=C\CCCCC)OCC(CCNCc2cccnc2)O1. The predicted molar refractivity (Wildman–Crippen MR) is 222 cm³/mol. The summed E-state index contributed by atoms with van der Waals surface area (Å²) >= 11 is 0. The summed E-state index contributed by atoms with van der Waals surface area (Å²) in [6, 6.07) is 4.13. The highest BCUT2D eigenvalue weighted by Crippen LogP contribution is 2.35. The molecule has 1 aromatic rings. The summed E-state index contributed by atoms with van der Waals surface area (Å²) in [6.07, 6.45) is 56.6. The molecular formula is C47H80N2O2. The molecule has 2 rings (SSSR count). The first kappa shape index (κ1) is 45.1. The van der Waals surface area contributed by atoms with Crippen LogP contribution < -0.4 is 5.32 Å². The van der Waals surface area contributed by atoms with E-state index in [1.165, 1.54) is 147 Å². The summed E-state index contributed by atoms with van der Waals surface area (Å²) in [5, 5.41) is 3.57. The molecule has 0 aromatic carbocycles. The number of ether oxygens (including phenoxy) is 2. The molecule has 0 aliphatic carbocycles. The van der Waals surface area contributed by atoms with Gasteiger partial charge in [-0.2, -0.15) is 0 Å². The molecule has 1 aliphatic rings. The lowest BCUT2D eigenvalue weighted by molar-refractivity contribution is -0.179. The van der Waals surface area contributed by atoms with E-state index in [2.05, 4.69) is 78.8 Å². The fourth-order valence-electron chi connectivity index (χ4n) is 6.91. The highest BCUT2D eigenvalue weighted by Gasteiger charge is 2.40. The summed E-state index contributed by atoms with van der Waals surface area (Å²) in [7, 11) is 0. The van der Waals surface area contributed by atoms with E-state index in [4.69, 9.17) is 9.47 Å². The highest BCUT2D eigenvalue weighted by molar-refractivity contribution is 5.07. The highest BCUT2D eigenvalue weighted by atomic mass is 16.7. The third-order valence-electron chi connectivity index (χ3n) is 10.1. The molecule has 0 radical (unpaired) electrons. The maximum Gasteiger partial charge on any atom is 0.168 e. The van der Waals surface area contributed by atoms with Gasteiger partial charge in [-0.1, -0.05) is 146 Å². The molecule has 1 saturated heterocycles. The van der Waals surface area contributed by atoms with Crippen molar-refractivity contribution in [2.45, 2.75) is 206 Å². The van der Waals surface area contributed by atoms with Crippen LogP contribution in [0, 0.1) is 0 Å². The zero-order chi connectivity index (χ0) is 36.2. The van der Waals surface area contributed by atoms with Crippen LogP contribution in [0.15, 0.2) is 73.1 Å². The van der Waals surface area contributed by atoms with Gasteiger partial charge in [0.05, 0.1) is 12.7 Å². The zero-order valence-electron chi connectivity index (χ0n) is 33.5. The van der Waals surface area contributed by atoms with Gasteiger partial charge in [-0.05, 0) is 102 Å². The fourth-order valence-corrected chi connectivity index (χ4v) is 6.91. The van der Waals surface area contributed by atoms with Crippen molar-refractivity contribution < 1.29 is 9.47 Å². The standard InChI is InChI=1S/C47H80N2O2/c1-3-5-7-9-11-13-15-17-19-21-23-25-27-29-31-33-38-47(50-44-46(51-47)37-41-49-43-45-36-35-40-48-42-45)39-34-32-30-28-26-24-22-20-18-16-14-12-10-8-6-4-2/h11-14,17-20,35-36,40,42,46,49H,3-10,15-16,21-34,37-39,41,43-44H2,1-2H3/b13-11-,14-12-,19-17-,20-18-. The van der Waals surface area contributed by atoms with Crippen molar-refractivity contribution in [1.29, 1.82) is 0 Å². The Balaban J connectivity index is 1.59. The molecule has 51 heavy (non-hydrogen) atoms. The maximum absolute atomic E-state index is 6.75. The molecule has 2 heterocycles. The second kappa shape index (κ2) is 33.8. The Hall–Kier alpha value is -2.01. The number of aromatic nitrogens is 1. The number of nitrogens with one attached hydrogen (secondary N) is 1. The van der Waals surface area contributed by atoms with Crippen LogP contribution in [0.5, 0.6) is 0 Å². The van der Waals surface area contributed by atoms with Gasteiger partial charge in [0.2, 0.25) is 0 Å². The summed E-state index contributed by atoms with van der Waals surface area (Å²) in [5.41, 5.74) is 1.23. The van der Waals surface area contributed by atoms with Crippen LogP contribution in [0.25, 0.3) is 0 Å². The average Bonchev–Trinajstić information content (AvgIpc) is 3.56. The molecule has 0 amide bonds. The van der Waals surface area contributed by atoms with Crippen LogP contribution in [-0.2, 0) is 16.0 Å². The van der Waals surface area contributed by atoms with Crippen molar-refractivity contribution in [2.75, 3.05) is 13.2 Å². The molecule has 0 bridgehead atoms. The number of nitrogens with zero attached hydrogens (tertiary/aromatic N) is 1. The van der Waals surface area contributed by atoms with E-state index >= 15 is 0 Å². The van der Waals surface area contributed by atoms with Gasteiger partial charge in [0, 0.05) is 31.8 Å². The molecule has 4 nitrogen and oxygen atoms in total. The van der Waals surface area contributed by atoms with Gasteiger partial charge in [-0.25, -0.2) is 0 Å². The van der Waals surface area contributed by atoms with Crippen molar-refractivity contribution in [1.82, 2.24) is 10.3 Å². The largest absolute Gasteiger partial charge is 0.347 e. The number of allylic oxidation sites excluding steroid dienone is 8. The molecule has 0 saturated carbocycles. The third-order valence-corrected chi connectivity index (χ3v) is 10.1. The number of hydrogen-bond acceptors (Lipinski definition) is 4. The number of pyridine rings is 1.